The highest BCUT2D eigenvalue weighted by Crippen LogP contribution is 2.26. The van der Waals surface area contributed by atoms with E-state index in [0.717, 1.165) is 0 Å². The van der Waals surface area contributed by atoms with Gasteiger partial charge in [-0.2, -0.15) is 0 Å². The lowest BCUT2D eigenvalue weighted by atomic mass is 10.0. The number of carbonyl (C=O) groups is 2. The summed E-state index contributed by atoms with van der Waals surface area (Å²) in [5.74, 6) is -1.06. The van der Waals surface area contributed by atoms with Gasteiger partial charge in [0.15, 0.2) is 5.78 Å². The van der Waals surface area contributed by atoms with Crippen LogP contribution in [0.25, 0.3) is 0 Å². The zero-order chi connectivity index (χ0) is 15.2. The third-order valence-electron chi connectivity index (χ3n) is 2.87. The SMILES string of the molecule is CCCC(=O)c1ccnc(Oc2ccccc2)c1C(=O)O. The molecular formula is C16H15NO4. The molecule has 0 aliphatic carbocycles. The van der Waals surface area contributed by atoms with Crippen molar-refractivity contribution in [3.63, 3.8) is 0 Å². The molecule has 5 nitrogen and oxygen atoms in total. The predicted molar refractivity (Wildman–Crippen MR) is 77.0 cm³/mol. The molecule has 0 aliphatic rings. The highest BCUT2D eigenvalue weighted by molar-refractivity contribution is 6.07. The van der Waals surface area contributed by atoms with E-state index >= 15 is 0 Å². The van der Waals surface area contributed by atoms with Crippen molar-refractivity contribution in [1.82, 2.24) is 4.98 Å². The molecule has 0 unspecified atom stereocenters. The van der Waals surface area contributed by atoms with Crippen LogP contribution < -0.4 is 4.74 Å². The first-order chi connectivity index (χ1) is 10.1. The van der Waals surface area contributed by atoms with Crippen molar-refractivity contribution >= 4 is 11.8 Å². The van der Waals surface area contributed by atoms with E-state index < -0.39 is 5.97 Å². The van der Waals surface area contributed by atoms with Gasteiger partial charge in [0, 0.05) is 18.2 Å². The average molecular weight is 285 g/mol. The zero-order valence-electron chi connectivity index (χ0n) is 11.6. The minimum Gasteiger partial charge on any atom is -0.477 e. The van der Waals surface area contributed by atoms with E-state index in [9.17, 15) is 14.7 Å². The number of hydrogen-bond donors (Lipinski definition) is 1. The number of hydrogen-bond acceptors (Lipinski definition) is 4. The van der Waals surface area contributed by atoms with E-state index in [4.69, 9.17) is 4.74 Å². The number of benzene rings is 1. The average Bonchev–Trinajstić information content (AvgIpc) is 2.48. The van der Waals surface area contributed by atoms with Gasteiger partial charge in [-0.05, 0) is 24.6 Å². The summed E-state index contributed by atoms with van der Waals surface area (Å²) in [4.78, 5) is 27.4. The Hall–Kier alpha value is -2.69. The molecule has 21 heavy (non-hydrogen) atoms. The van der Waals surface area contributed by atoms with Crippen LogP contribution >= 0.6 is 0 Å². The third-order valence-corrected chi connectivity index (χ3v) is 2.87. The summed E-state index contributed by atoms with van der Waals surface area (Å²) < 4.78 is 5.50. The van der Waals surface area contributed by atoms with Gasteiger partial charge in [0.1, 0.15) is 11.3 Å². The number of para-hydroxylation sites is 1. The maximum atomic E-state index is 12.0. The lowest BCUT2D eigenvalue weighted by molar-refractivity contribution is 0.0688. The maximum Gasteiger partial charge on any atom is 0.341 e. The molecule has 0 fully saturated rings. The fourth-order valence-electron chi connectivity index (χ4n) is 1.92. The van der Waals surface area contributed by atoms with Gasteiger partial charge < -0.3 is 9.84 Å². The van der Waals surface area contributed by atoms with Crippen molar-refractivity contribution in [2.45, 2.75) is 19.8 Å². The molecule has 0 radical (unpaired) electrons. The van der Waals surface area contributed by atoms with Gasteiger partial charge in [0.05, 0.1) is 0 Å². The van der Waals surface area contributed by atoms with Crippen molar-refractivity contribution in [2.24, 2.45) is 0 Å². The van der Waals surface area contributed by atoms with Gasteiger partial charge in [-0.3, -0.25) is 4.79 Å². The number of Topliss-reactive ketones (excluding diaryl/α,β-unsaturated/α-hetero) is 1. The van der Waals surface area contributed by atoms with Crippen LogP contribution in [0.1, 0.15) is 40.5 Å². The standard InChI is InChI=1S/C16H15NO4/c1-2-6-13(18)12-9-10-17-15(14(12)16(19)20)21-11-7-4-3-5-8-11/h3-5,7-10H,2,6H2,1H3,(H,19,20). The maximum absolute atomic E-state index is 12.0. The van der Waals surface area contributed by atoms with Crippen LogP contribution in [-0.2, 0) is 0 Å². The molecule has 0 saturated carbocycles. The molecule has 0 aliphatic heterocycles. The van der Waals surface area contributed by atoms with Crippen molar-refractivity contribution < 1.29 is 19.4 Å². The first-order valence-electron chi connectivity index (χ1n) is 6.62. The van der Waals surface area contributed by atoms with Gasteiger partial charge >= 0.3 is 5.97 Å². The van der Waals surface area contributed by atoms with Crippen LogP contribution in [0.4, 0.5) is 0 Å². The number of nitrogens with zero attached hydrogens (tertiary/aromatic N) is 1. The van der Waals surface area contributed by atoms with E-state index in [1.165, 1.54) is 12.3 Å². The second-order valence-electron chi connectivity index (χ2n) is 4.43. The summed E-state index contributed by atoms with van der Waals surface area (Å²) in [5, 5.41) is 9.37. The molecule has 2 rings (SSSR count). The van der Waals surface area contributed by atoms with Crippen molar-refractivity contribution in [1.29, 1.82) is 0 Å². The molecule has 0 spiro atoms. The van der Waals surface area contributed by atoms with Crippen molar-refractivity contribution in [3.05, 3.63) is 53.7 Å². The minimum absolute atomic E-state index is 0.0735. The third kappa shape index (κ3) is 3.45. The fraction of sp³-hybridized carbons (Fsp3) is 0.188. The van der Waals surface area contributed by atoms with E-state index in [2.05, 4.69) is 4.98 Å². The molecule has 1 heterocycles. The smallest absolute Gasteiger partial charge is 0.341 e. The molecule has 5 heteroatoms. The van der Waals surface area contributed by atoms with E-state index in [1.807, 2.05) is 13.0 Å². The highest BCUT2D eigenvalue weighted by Gasteiger charge is 2.22. The van der Waals surface area contributed by atoms with Crippen LogP contribution in [0.3, 0.4) is 0 Å². The molecule has 0 saturated heterocycles. The molecule has 108 valence electrons. The first-order valence-corrected chi connectivity index (χ1v) is 6.62. The van der Waals surface area contributed by atoms with E-state index in [0.29, 0.717) is 12.2 Å². The molecule has 0 bridgehead atoms. The van der Waals surface area contributed by atoms with E-state index in [-0.39, 0.29) is 29.2 Å². The molecule has 1 aromatic heterocycles. The van der Waals surface area contributed by atoms with Crippen molar-refractivity contribution in [3.8, 4) is 11.6 Å². The normalized spacial score (nSPS) is 10.1. The van der Waals surface area contributed by atoms with Crippen LogP contribution in [0, 0.1) is 0 Å². The second-order valence-corrected chi connectivity index (χ2v) is 4.43. The Bertz CT molecular complexity index is 653. The summed E-state index contributed by atoms with van der Waals surface area (Å²) in [6, 6.07) is 10.1. The quantitative estimate of drug-likeness (QED) is 0.821. The molecule has 1 N–H and O–H groups in total. The fourth-order valence-corrected chi connectivity index (χ4v) is 1.92. The number of aromatic carboxylic acids is 1. The predicted octanol–water partition coefficient (Wildman–Crippen LogP) is 3.55. The summed E-state index contributed by atoms with van der Waals surface area (Å²) in [6.45, 7) is 1.86. The minimum atomic E-state index is -1.23. The monoisotopic (exact) mass is 285 g/mol. The van der Waals surface area contributed by atoms with Gasteiger partial charge in [-0.25, -0.2) is 9.78 Å². The lowest BCUT2D eigenvalue weighted by Crippen LogP contribution is -2.11. The molecule has 2 aromatic rings. The first kappa shape index (κ1) is 14.7. The number of pyridine rings is 1. The van der Waals surface area contributed by atoms with Crippen molar-refractivity contribution in [2.75, 3.05) is 0 Å². The number of aromatic nitrogens is 1. The Balaban J connectivity index is 2.44. The number of carboxylic acids is 1. The van der Waals surface area contributed by atoms with E-state index in [1.54, 1.807) is 24.3 Å². The number of ketones is 1. The van der Waals surface area contributed by atoms with Gasteiger partial charge in [-0.1, -0.05) is 25.1 Å². The summed E-state index contributed by atoms with van der Waals surface area (Å²) >= 11 is 0. The molecular weight excluding hydrogens is 270 g/mol. The van der Waals surface area contributed by atoms with Crippen LogP contribution in [0.15, 0.2) is 42.6 Å². The summed E-state index contributed by atoms with van der Waals surface area (Å²) in [5.41, 5.74) is -0.0647. The number of rotatable bonds is 6. The molecule has 1 aromatic carbocycles. The Morgan fingerprint density at radius 2 is 1.90 bits per heavy atom. The Morgan fingerprint density at radius 1 is 1.19 bits per heavy atom. The Morgan fingerprint density at radius 3 is 2.52 bits per heavy atom. The lowest BCUT2D eigenvalue weighted by Gasteiger charge is -2.10. The second kappa shape index (κ2) is 6.65. The van der Waals surface area contributed by atoms with Crippen LogP contribution in [0.2, 0.25) is 0 Å². The molecule has 0 amide bonds. The molecule has 0 atom stereocenters. The summed E-state index contributed by atoms with van der Waals surface area (Å²) in [7, 11) is 0. The Labute approximate surface area is 122 Å². The van der Waals surface area contributed by atoms with Gasteiger partial charge in [0.2, 0.25) is 5.88 Å². The zero-order valence-corrected chi connectivity index (χ0v) is 11.6. The Kier molecular flexibility index (Phi) is 4.66. The number of carbonyl (C=O) groups excluding carboxylic acids is 1. The van der Waals surface area contributed by atoms with Crippen LogP contribution in [0.5, 0.6) is 11.6 Å². The topological polar surface area (TPSA) is 76.5 Å². The largest absolute Gasteiger partial charge is 0.477 e. The highest BCUT2D eigenvalue weighted by atomic mass is 16.5. The van der Waals surface area contributed by atoms with Gasteiger partial charge in [-0.15, -0.1) is 0 Å². The van der Waals surface area contributed by atoms with Crippen LogP contribution in [-0.4, -0.2) is 21.8 Å². The number of ether oxygens (including phenoxy) is 1. The number of carboxylic acid groups (broad SMARTS) is 1. The summed E-state index contributed by atoms with van der Waals surface area (Å²) in [6.07, 6.45) is 2.32. The van der Waals surface area contributed by atoms with Gasteiger partial charge in [0.25, 0.3) is 0 Å².